The lowest BCUT2D eigenvalue weighted by Crippen LogP contribution is -2.62. The van der Waals surface area contributed by atoms with Gasteiger partial charge in [-0.05, 0) is 67.8 Å². The maximum absolute atomic E-state index is 14.7. The molecule has 3 aromatic rings. The topological polar surface area (TPSA) is 87.7 Å². The van der Waals surface area contributed by atoms with Crippen molar-refractivity contribution in [3.63, 3.8) is 0 Å². The molecule has 192 valence electrons. The Balaban J connectivity index is 1.61. The van der Waals surface area contributed by atoms with E-state index in [9.17, 15) is 14.4 Å². The number of fused-ring (bicyclic) bond motifs is 7. The van der Waals surface area contributed by atoms with Gasteiger partial charge >= 0.3 is 0 Å². The first-order valence-corrected chi connectivity index (χ1v) is 13.2. The predicted molar refractivity (Wildman–Crippen MR) is 144 cm³/mol. The van der Waals surface area contributed by atoms with Gasteiger partial charge in [-0.3, -0.25) is 19.3 Å². The quantitative estimate of drug-likeness (QED) is 0.483. The van der Waals surface area contributed by atoms with E-state index >= 15 is 0 Å². The summed E-state index contributed by atoms with van der Waals surface area (Å²) >= 11 is 6.61. The fraction of sp³-hybridized carbons (Fsp3) is 0.300. The minimum Gasteiger partial charge on any atom is -0.496 e. The van der Waals surface area contributed by atoms with Gasteiger partial charge in [0.1, 0.15) is 16.7 Å². The van der Waals surface area contributed by atoms with Crippen LogP contribution in [0.2, 0.25) is 5.02 Å². The summed E-state index contributed by atoms with van der Waals surface area (Å²) < 4.78 is 5.58. The summed E-state index contributed by atoms with van der Waals surface area (Å²) in [5, 5.41) is 6.64. The smallest absolute Gasteiger partial charge is 0.251 e. The Morgan fingerprint density at radius 1 is 1.03 bits per heavy atom. The fourth-order valence-corrected chi connectivity index (χ4v) is 8.10. The van der Waals surface area contributed by atoms with Gasteiger partial charge in [0.2, 0.25) is 5.91 Å². The van der Waals surface area contributed by atoms with Crippen LogP contribution >= 0.6 is 11.6 Å². The number of nitrogens with zero attached hydrogens (tertiary/aromatic N) is 1. The number of carbonyl (C=O) groups is 3. The van der Waals surface area contributed by atoms with Crippen LogP contribution in [0.25, 0.3) is 0 Å². The highest BCUT2D eigenvalue weighted by Gasteiger charge is 2.81. The van der Waals surface area contributed by atoms with E-state index < -0.39 is 16.9 Å². The van der Waals surface area contributed by atoms with E-state index in [4.69, 9.17) is 16.3 Å². The highest BCUT2D eigenvalue weighted by molar-refractivity contribution is 6.31. The second-order valence-electron chi connectivity index (χ2n) is 10.6. The molecular formula is C30H26ClN3O4. The van der Waals surface area contributed by atoms with E-state index in [0.29, 0.717) is 51.8 Å². The van der Waals surface area contributed by atoms with Crippen LogP contribution in [-0.4, -0.2) is 42.2 Å². The number of rotatable bonds is 3. The largest absolute Gasteiger partial charge is 0.496 e. The summed E-state index contributed by atoms with van der Waals surface area (Å²) in [7, 11) is 1.53. The predicted octanol–water partition coefficient (Wildman–Crippen LogP) is 4.67. The zero-order valence-electron chi connectivity index (χ0n) is 21.0. The summed E-state index contributed by atoms with van der Waals surface area (Å²) in [5.74, 6) is -1.24. The molecule has 8 heteroatoms. The molecule has 4 atom stereocenters. The van der Waals surface area contributed by atoms with Gasteiger partial charge in [0.05, 0.1) is 18.6 Å². The van der Waals surface area contributed by atoms with Gasteiger partial charge < -0.3 is 15.4 Å². The minimum absolute atomic E-state index is 0.205. The first-order chi connectivity index (χ1) is 18.4. The van der Waals surface area contributed by atoms with Crippen LogP contribution < -0.4 is 15.4 Å². The third-order valence-corrected chi connectivity index (χ3v) is 9.24. The molecule has 4 aliphatic heterocycles. The van der Waals surface area contributed by atoms with Crippen LogP contribution in [0.4, 0.5) is 11.4 Å². The maximum atomic E-state index is 14.7. The summed E-state index contributed by atoms with van der Waals surface area (Å²) in [6, 6.07) is 17.8. The standard InChI is InChI=1S/C30H26ClN3O4/c1-16-14-17(31)15-20-25(16)33-28(37)30(20)29(19-9-4-5-10-21(19)32-27(29)36)24(22-11-7-13-34(22)30)26(35)18-8-3-6-12-23(18)38-2/h3-6,8-10,12,14-15,22,24H,7,11,13H2,1-2H3,(H,32,36)(H,33,37)/t22-,24+,29+,30+/m1/s1. The van der Waals surface area contributed by atoms with E-state index in [-0.39, 0.29) is 23.6 Å². The normalized spacial score (nSPS) is 28.8. The van der Waals surface area contributed by atoms with Crippen LogP contribution in [0.5, 0.6) is 5.75 Å². The molecule has 3 aromatic carbocycles. The van der Waals surface area contributed by atoms with Crippen molar-refractivity contribution in [1.82, 2.24) is 4.90 Å². The zero-order valence-corrected chi connectivity index (χ0v) is 21.8. The van der Waals surface area contributed by atoms with Crippen molar-refractivity contribution in [3.05, 3.63) is 87.9 Å². The Kier molecular flexibility index (Phi) is 4.88. The fourth-order valence-electron chi connectivity index (χ4n) is 7.83. The molecule has 2 spiro atoms. The highest BCUT2D eigenvalue weighted by atomic mass is 35.5. The maximum Gasteiger partial charge on any atom is 0.251 e. The molecule has 2 amide bonds. The van der Waals surface area contributed by atoms with Crippen molar-refractivity contribution in [2.24, 2.45) is 5.92 Å². The molecule has 0 unspecified atom stereocenters. The number of amides is 2. The third kappa shape index (κ3) is 2.56. The number of nitrogens with one attached hydrogen (secondary N) is 2. The number of benzene rings is 3. The SMILES string of the molecule is COc1ccccc1C(=O)[C@@H]1[C@H]2CCCN2[C@@]2(C(=O)Nc3c(C)cc(Cl)cc32)[C@]12C(=O)Nc1ccccc12. The molecule has 2 saturated heterocycles. The number of carbonyl (C=O) groups excluding carboxylic acids is 3. The van der Waals surface area contributed by atoms with Crippen LogP contribution in [0, 0.1) is 12.8 Å². The Morgan fingerprint density at radius 3 is 2.61 bits per heavy atom. The van der Waals surface area contributed by atoms with E-state index in [2.05, 4.69) is 15.5 Å². The molecule has 7 nitrogen and oxygen atoms in total. The lowest BCUT2D eigenvalue weighted by atomic mass is 9.57. The number of ether oxygens (including phenoxy) is 1. The molecule has 2 fully saturated rings. The first kappa shape index (κ1) is 23.4. The molecule has 4 heterocycles. The van der Waals surface area contributed by atoms with Crippen molar-refractivity contribution in [2.75, 3.05) is 24.3 Å². The highest BCUT2D eigenvalue weighted by Crippen LogP contribution is 2.68. The van der Waals surface area contributed by atoms with E-state index in [1.165, 1.54) is 7.11 Å². The molecule has 0 bridgehead atoms. The number of Topliss-reactive ketones (excluding diaryl/α,β-unsaturated/α-hetero) is 1. The number of methoxy groups -OCH3 is 1. The monoisotopic (exact) mass is 527 g/mol. The lowest BCUT2D eigenvalue weighted by Gasteiger charge is -2.43. The van der Waals surface area contributed by atoms with Crippen molar-refractivity contribution in [3.8, 4) is 5.75 Å². The van der Waals surface area contributed by atoms with Crippen LogP contribution in [0.1, 0.15) is 39.9 Å². The van der Waals surface area contributed by atoms with Crippen LogP contribution in [0.15, 0.2) is 60.7 Å². The molecule has 7 rings (SSSR count). The van der Waals surface area contributed by atoms with Gasteiger partial charge in [-0.25, -0.2) is 0 Å². The molecular weight excluding hydrogens is 502 g/mol. The molecule has 38 heavy (non-hydrogen) atoms. The molecule has 0 saturated carbocycles. The molecule has 0 aromatic heterocycles. The molecule has 2 N–H and O–H groups in total. The van der Waals surface area contributed by atoms with Gasteiger partial charge in [-0.15, -0.1) is 0 Å². The van der Waals surface area contributed by atoms with Gasteiger partial charge in [0, 0.05) is 28.0 Å². The first-order valence-electron chi connectivity index (χ1n) is 12.8. The lowest BCUT2D eigenvalue weighted by molar-refractivity contribution is -0.137. The Bertz CT molecular complexity index is 1570. The summed E-state index contributed by atoms with van der Waals surface area (Å²) in [6.45, 7) is 2.48. The Morgan fingerprint density at radius 2 is 1.79 bits per heavy atom. The number of para-hydroxylation sites is 2. The Labute approximate surface area is 225 Å². The van der Waals surface area contributed by atoms with Gasteiger partial charge in [0.15, 0.2) is 5.78 Å². The van der Waals surface area contributed by atoms with E-state index in [1.54, 1.807) is 24.3 Å². The van der Waals surface area contributed by atoms with Gasteiger partial charge in [-0.2, -0.15) is 0 Å². The van der Waals surface area contributed by atoms with Gasteiger partial charge in [-0.1, -0.05) is 41.9 Å². The van der Waals surface area contributed by atoms with Crippen LogP contribution in [-0.2, 0) is 20.5 Å². The molecule has 0 radical (unpaired) electrons. The van der Waals surface area contributed by atoms with Crippen molar-refractivity contribution in [1.29, 1.82) is 0 Å². The second kappa shape index (κ2) is 7.91. The number of anilines is 2. The van der Waals surface area contributed by atoms with Crippen molar-refractivity contribution in [2.45, 2.75) is 36.8 Å². The average molecular weight is 528 g/mol. The van der Waals surface area contributed by atoms with E-state index in [0.717, 1.165) is 12.0 Å². The average Bonchev–Trinajstić information content (AvgIpc) is 3.63. The summed E-state index contributed by atoms with van der Waals surface area (Å²) in [4.78, 5) is 45.9. The summed E-state index contributed by atoms with van der Waals surface area (Å²) in [5.41, 5.74) is 0.853. The molecule has 4 aliphatic rings. The Hall–Kier alpha value is -3.68. The minimum atomic E-state index is -1.51. The number of halogens is 1. The number of hydrogen-bond acceptors (Lipinski definition) is 5. The number of aryl methyl sites for hydroxylation is 1. The second-order valence-corrected chi connectivity index (χ2v) is 11.0. The van der Waals surface area contributed by atoms with Crippen molar-refractivity contribution >= 4 is 40.6 Å². The zero-order chi connectivity index (χ0) is 26.4. The molecule has 0 aliphatic carbocycles. The van der Waals surface area contributed by atoms with Crippen LogP contribution in [0.3, 0.4) is 0 Å². The number of ketones is 1. The van der Waals surface area contributed by atoms with E-state index in [1.807, 2.05) is 43.3 Å². The number of hydrogen-bond donors (Lipinski definition) is 2. The van der Waals surface area contributed by atoms with Gasteiger partial charge in [0.25, 0.3) is 5.91 Å². The summed E-state index contributed by atoms with van der Waals surface area (Å²) in [6.07, 6.45) is 1.50. The van der Waals surface area contributed by atoms with Crippen molar-refractivity contribution < 1.29 is 19.1 Å². The third-order valence-electron chi connectivity index (χ3n) is 9.02.